The number of hydrogen-bond acceptors (Lipinski definition) is 2. The summed E-state index contributed by atoms with van der Waals surface area (Å²) < 4.78 is 0. The van der Waals surface area contributed by atoms with Gasteiger partial charge in [-0.3, -0.25) is 4.79 Å². The van der Waals surface area contributed by atoms with Crippen LogP contribution in [0.4, 0.5) is 5.69 Å². The molecule has 18 heavy (non-hydrogen) atoms. The van der Waals surface area contributed by atoms with E-state index in [1.807, 2.05) is 24.3 Å². The zero-order valence-corrected chi connectivity index (χ0v) is 11.4. The normalized spacial score (nSPS) is 24.3. The van der Waals surface area contributed by atoms with Crippen LogP contribution >= 0.6 is 0 Å². The van der Waals surface area contributed by atoms with Crippen molar-refractivity contribution in [3.63, 3.8) is 0 Å². The highest BCUT2D eigenvalue weighted by atomic mass is 16.1. The highest BCUT2D eigenvalue weighted by Crippen LogP contribution is 2.26. The van der Waals surface area contributed by atoms with Gasteiger partial charge in [0.1, 0.15) is 0 Å². The van der Waals surface area contributed by atoms with Gasteiger partial charge in [-0.1, -0.05) is 26.2 Å². The van der Waals surface area contributed by atoms with E-state index >= 15 is 0 Å². The van der Waals surface area contributed by atoms with Crippen molar-refractivity contribution in [2.24, 2.45) is 5.92 Å². The molecule has 2 nitrogen and oxygen atoms in total. The van der Waals surface area contributed by atoms with Crippen LogP contribution in [0.2, 0.25) is 0 Å². The van der Waals surface area contributed by atoms with Gasteiger partial charge in [0.2, 0.25) is 0 Å². The summed E-state index contributed by atoms with van der Waals surface area (Å²) in [5, 5.41) is 3.63. The van der Waals surface area contributed by atoms with Gasteiger partial charge in [0.25, 0.3) is 0 Å². The molecule has 2 atom stereocenters. The Hall–Kier alpha value is -1.31. The summed E-state index contributed by atoms with van der Waals surface area (Å²) in [5.41, 5.74) is 1.92. The van der Waals surface area contributed by atoms with Gasteiger partial charge >= 0.3 is 0 Å². The van der Waals surface area contributed by atoms with Crippen LogP contribution in [-0.4, -0.2) is 11.8 Å². The third-order valence-electron chi connectivity index (χ3n) is 4.00. The summed E-state index contributed by atoms with van der Waals surface area (Å²) in [6.07, 6.45) is 6.64. The zero-order valence-electron chi connectivity index (χ0n) is 11.4. The van der Waals surface area contributed by atoms with Crippen LogP contribution in [0, 0.1) is 5.92 Å². The molecule has 0 radical (unpaired) electrons. The van der Waals surface area contributed by atoms with E-state index in [1.54, 1.807) is 6.92 Å². The molecule has 1 fully saturated rings. The van der Waals surface area contributed by atoms with Gasteiger partial charge < -0.3 is 5.32 Å². The van der Waals surface area contributed by atoms with Crippen molar-refractivity contribution in [3.05, 3.63) is 29.8 Å². The van der Waals surface area contributed by atoms with E-state index in [9.17, 15) is 4.79 Å². The third-order valence-corrected chi connectivity index (χ3v) is 4.00. The van der Waals surface area contributed by atoms with Gasteiger partial charge in [-0.2, -0.15) is 0 Å². The SMILES string of the molecule is CC(=O)c1ccc(NC2CCCCCC2C)cc1. The van der Waals surface area contributed by atoms with Crippen molar-refractivity contribution in [1.82, 2.24) is 0 Å². The minimum atomic E-state index is 0.129. The Morgan fingerprint density at radius 3 is 2.44 bits per heavy atom. The minimum absolute atomic E-state index is 0.129. The van der Waals surface area contributed by atoms with E-state index in [0.717, 1.165) is 17.2 Å². The molecule has 98 valence electrons. The molecule has 0 saturated heterocycles. The molecule has 0 heterocycles. The largest absolute Gasteiger partial charge is 0.382 e. The minimum Gasteiger partial charge on any atom is -0.382 e. The highest BCUT2D eigenvalue weighted by Gasteiger charge is 2.19. The molecule has 2 heteroatoms. The van der Waals surface area contributed by atoms with Gasteiger partial charge in [0.05, 0.1) is 0 Å². The van der Waals surface area contributed by atoms with Crippen molar-refractivity contribution in [3.8, 4) is 0 Å². The topological polar surface area (TPSA) is 29.1 Å². The number of benzene rings is 1. The lowest BCUT2D eigenvalue weighted by Crippen LogP contribution is -2.26. The van der Waals surface area contributed by atoms with Crippen LogP contribution in [0.25, 0.3) is 0 Å². The van der Waals surface area contributed by atoms with Crippen molar-refractivity contribution in [2.45, 2.75) is 52.0 Å². The quantitative estimate of drug-likeness (QED) is 0.636. The van der Waals surface area contributed by atoms with Crippen molar-refractivity contribution in [1.29, 1.82) is 0 Å². The van der Waals surface area contributed by atoms with Crippen molar-refractivity contribution in [2.75, 3.05) is 5.32 Å². The first kappa shape index (κ1) is 13.1. The number of rotatable bonds is 3. The van der Waals surface area contributed by atoms with E-state index in [0.29, 0.717) is 6.04 Å². The van der Waals surface area contributed by atoms with Gasteiger partial charge in [-0.15, -0.1) is 0 Å². The maximum Gasteiger partial charge on any atom is 0.159 e. The van der Waals surface area contributed by atoms with E-state index in [-0.39, 0.29) is 5.78 Å². The Labute approximate surface area is 110 Å². The molecule has 1 saturated carbocycles. The van der Waals surface area contributed by atoms with Crippen LogP contribution in [0.5, 0.6) is 0 Å². The molecule has 1 N–H and O–H groups in total. The summed E-state index contributed by atoms with van der Waals surface area (Å²) in [4.78, 5) is 11.2. The molecule has 0 amide bonds. The smallest absolute Gasteiger partial charge is 0.159 e. The van der Waals surface area contributed by atoms with Crippen LogP contribution in [-0.2, 0) is 0 Å². The van der Waals surface area contributed by atoms with Gasteiger partial charge in [-0.05, 0) is 49.9 Å². The maximum absolute atomic E-state index is 11.2. The summed E-state index contributed by atoms with van der Waals surface area (Å²) >= 11 is 0. The fourth-order valence-electron chi connectivity index (χ4n) is 2.72. The summed E-state index contributed by atoms with van der Waals surface area (Å²) in [7, 11) is 0. The van der Waals surface area contributed by atoms with Crippen LogP contribution < -0.4 is 5.32 Å². The summed E-state index contributed by atoms with van der Waals surface area (Å²) in [5.74, 6) is 0.865. The highest BCUT2D eigenvalue weighted by molar-refractivity contribution is 5.94. The molecule has 0 bridgehead atoms. The number of nitrogens with one attached hydrogen (secondary N) is 1. The molecule has 1 aliphatic carbocycles. The molecular formula is C16H23NO. The molecule has 1 aliphatic rings. The Balaban J connectivity index is 2.01. The van der Waals surface area contributed by atoms with E-state index in [1.165, 1.54) is 32.1 Å². The Morgan fingerprint density at radius 1 is 1.11 bits per heavy atom. The predicted molar refractivity (Wildman–Crippen MR) is 76.1 cm³/mol. The number of carbonyl (C=O) groups is 1. The van der Waals surface area contributed by atoms with Crippen LogP contribution in [0.15, 0.2) is 24.3 Å². The maximum atomic E-state index is 11.2. The average molecular weight is 245 g/mol. The number of anilines is 1. The molecule has 1 aromatic rings. The summed E-state index contributed by atoms with van der Waals surface area (Å²) in [6.45, 7) is 3.95. The number of hydrogen-bond donors (Lipinski definition) is 1. The lowest BCUT2D eigenvalue weighted by molar-refractivity contribution is 0.101. The first-order chi connectivity index (χ1) is 8.66. The van der Waals surface area contributed by atoms with E-state index in [2.05, 4.69) is 12.2 Å². The van der Waals surface area contributed by atoms with Crippen molar-refractivity contribution >= 4 is 11.5 Å². The second-order valence-corrected chi connectivity index (χ2v) is 5.50. The van der Waals surface area contributed by atoms with E-state index < -0.39 is 0 Å². The standard InChI is InChI=1S/C16H23NO/c1-12-6-4-3-5-7-16(12)17-15-10-8-14(9-11-15)13(2)18/h8-12,16-17H,3-7H2,1-2H3. The second kappa shape index (κ2) is 6.03. The summed E-state index contributed by atoms with van der Waals surface area (Å²) in [6, 6.07) is 8.44. The van der Waals surface area contributed by atoms with Gasteiger partial charge in [-0.25, -0.2) is 0 Å². The molecule has 0 aromatic heterocycles. The molecule has 0 spiro atoms. The van der Waals surface area contributed by atoms with Gasteiger partial charge in [0, 0.05) is 17.3 Å². The van der Waals surface area contributed by atoms with Crippen LogP contribution in [0.1, 0.15) is 56.3 Å². The van der Waals surface area contributed by atoms with Crippen molar-refractivity contribution < 1.29 is 4.79 Å². The molecule has 2 unspecified atom stereocenters. The average Bonchev–Trinajstić information content (AvgIpc) is 2.56. The molecule has 2 rings (SSSR count). The molecular weight excluding hydrogens is 222 g/mol. The fourth-order valence-corrected chi connectivity index (χ4v) is 2.72. The zero-order chi connectivity index (χ0) is 13.0. The lowest BCUT2D eigenvalue weighted by atomic mass is 9.96. The third kappa shape index (κ3) is 3.34. The van der Waals surface area contributed by atoms with E-state index in [4.69, 9.17) is 0 Å². The molecule has 1 aromatic carbocycles. The Kier molecular flexibility index (Phi) is 4.40. The Bertz CT molecular complexity index is 396. The number of ketones is 1. The number of Topliss-reactive ketones (excluding diaryl/α,β-unsaturated/α-hetero) is 1. The van der Waals surface area contributed by atoms with Crippen LogP contribution in [0.3, 0.4) is 0 Å². The fraction of sp³-hybridized carbons (Fsp3) is 0.562. The first-order valence-electron chi connectivity index (χ1n) is 7.04. The molecule has 0 aliphatic heterocycles. The monoisotopic (exact) mass is 245 g/mol. The predicted octanol–water partition coefficient (Wildman–Crippen LogP) is 4.27. The Morgan fingerprint density at radius 2 is 1.78 bits per heavy atom. The number of carbonyl (C=O) groups excluding carboxylic acids is 1. The van der Waals surface area contributed by atoms with Gasteiger partial charge in [0.15, 0.2) is 5.78 Å². The lowest BCUT2D eigenvalue weighted by Gasteiger charge is -2.24. The first-order valence-corrected chi connectivity index (χ1v) is 7.04. The second-order valence-electron chi connectivity index (χ2n) is 5.50.